The number of likely N-dealkylation sites (tertiary alicyclic amines) is 1. The number of piperidine rings is 1. The van der Waals surface area contributed by atoms with E-state index in [0.29, 0.717) is 17.1 Å². The SMILES string of the molecule is COc1cc(OC)c2c(c1)[C@@H](CCCCCCCCCN1CCC(N(C)C(=O)OC(C)(C)C)CC1)OC2=O. The predicted molar refractivity (Wildman–Crippen MR) is 148 cm³/mol. The number of carbonyl (C=O) groups excluding carboxylic acids is 2. The second-order valence-corrected chi connectivity index (χ2v) is 11.6. The third-order valence-corrected chi connectivity index (χ3v) is 7.59. The molecule has 1 saturated heterocycles. The molecule has 8 nitrogen and oxygen atoms in total. The highest BCUT2D eigenvalue weighted by Gasteiger charge is 2.34. The van der Waals surface area contributed by atoms with Gasteiger partial charge < -0.3 is 28.7 Å². The van der Waals surface area contributed by atoms with Gasteiger partial charge in [-0.25, -0.2) is 9.59 Å². The number of fused-ring (bicyclic) bond motifs is 1. The summed E-state index contributed by atoms with van der Waals surface area (Å²) in [5, 5.41) is 0. The zero-order valence-electron chi connectivity index (χ0n) is 24.3. The molecule has 0 bridgehead atoms. The maximum Gasteiger partial charge on any atom is 0.410 e. The van der Waals surface area contributed by atoms with Crippen LogP contribution in [0, 0.1) is 0 Å². The average Bonchev–Trinajstić information content (AvgIpc) is 3.21. The van der Waals surface area contributed by atoms with Crippen LogP contribution in [0.3, 0.4) is 0 Å². The van der Waals surface area contributed by atoms with Gasteiger partial charge in [0.25, 0.3) is 0 Å². The highest BCUT2D eigenvalue weighted by atomic mass is 16.6. The highest BCUT2D eigenvalue weighted by molar-refractivity contribution is 5.97. The van der Waals surface area contributed by atoms with Crippen molar-refractivity contribution in [2.24, 2.45) is 0 Å². The van der Waals surface area contributed by atoms with E-state index in [1.165, 1.54) is 32.1 Å². The number of hydrogen-bond donors (Lipinski definition) is 0. The maximum atomic E-state index is 12.4. The molecule has 3 rings (SSSR count). The lowest BCUT2D eigenvalue weighted by molar-refractivity contribution is 0.0151. The van der Waals surface area contributed by atoms with Crippen LogP contribution in [0.4, 0.5) is 4.79 Å². The third kappa shape index (κ3) is 8.52. The third-order valence-electron chi connectivity index (χ3n) is 7.59. The highest BCUT2D eigenvalue weighted by Crippen LogP contribution is 2.41. The van der Waals surface area contributed by atoms with E-state index in [1.807, 2.05) is 33.9 Å². The van der Waals surface area contributed by atoms with Gasteiger partial charge in [0.2, 0.25) is 0 Å². The molecule has 1 atom stereocenters. The standard InChI is InChI=1S/C30H48N2O6/c1-30(2,3)38-29(34)31(4)22-15-18-32(19-16-22)17-13-11-9-7-8-10-12-14-25-24-20-23(35-5)21-26(36-6)27(24)28(33)37-25/h20-22,25H,7-19H2,1-6H3/t25-/m1/s1. The second kappa shape index (κ2) is 14.1. The van der Waals surface area contributed by atoms with Crippen LogP contribution in [0.25, 0.3) is 0 Å². The van der Waals surface area contributed by atoms with E-state index >= 15 is 0 Å². The van der Waals surface area contributed by atoms with Crippen molar-refractivity contribution in [3.63, 3.8) is 0 Å². The number of hydrogen-bond acceptors (Lipinski definition) is 7. The zero-order valence-corrected chi connectivity index (χ0v) is 24.3. The topological polar surface area (TPSA) is 77.5 Å². The van der Waals surface area contributed by atoms with E-state index in [9.17, 15) is 9.59 Å². The fourth-order valence-electron chi connectivity index (χ4n) is 5.39. The van der Waals surface area contributed by atoms with Gasteiger partial charge in [-0.2, -0.15) is 0 Å². The Morgan fingerprint density at radius 2 is 1.63 bits per heavy atom. The second-order valence-electron chi connectivity index (χ2n) is 11.6. The van der Waals surface area contributed by atoms with Gasteiger partial charge in [-0.3, -0.25) is 0 Å². The smallest absolute Gasteiger partial charge is 0.410 e. The minimum atomic E-state index is -0.452. The Morgan fingerprint density at radius 3 is 2.24 bits per heavy atom. The largest absolute Gasteiger partial charge is 0.497 e. The molecule has 0 aromatic heterocycles. The minimum Gasteiger partial charge on any atom is -0.497 e. The lowest BCUT2D eigenvalue weighted by atomic mass is 9.98. The Labute approximate surface area is 228 Å². The Bertz CT molecular complexity index is 920. The number of benzene rings is 1. The van der Waals surface area contributed by atoms with E-state index in [-0.39, 0.29) is 24.2 Å². The predicted octanol–water partition coefficient (Wildman–Crippen LogP) is 6.37. The molecule has 8 heteroatoms. The summed E-state index contributed by atoms with van der Waals surface area (Å²) in [7, 11) is 5.04. The van der Waals surface area contributed by atoms with E-state index in [1.54, 1.807) is 25.2 Å². The summed E-state index contributed by atoms with van der Waals surface area (Å²) in [6.07, 6.45) is 10.8. The summed E-state index contributed by atoms with van der Waals surface area (Å²) in [6.45, 7) is 8.96. The first-order valence-corrected chi connectivity index (χ1v) is 14.3. The van der Waals surface area contributed by atoms with Crippen molar-refractivity contribution in [1.29, 1.82) is 0 Å². The molecular weight excluding hydrogens is 484 g/mol. The van der Waals surface area contributed by atoms with E-state index < -0.39 is 5.60 Å². The van der Waals surface area contributed by atoms with Crippen LogP contribution in [-0.4, -0.2) is 74.4 Å². The van der Waals surface area contributed by atoms with Gasteiger partial charge >= 0.3 is 12.1 Å². The fraction of sp³-hybridized carbons (Fsp3) is 0.733. The first kappa shape index (κ1) is 30.1. The van der Waals surface area contributed by atoms with E-state index in [2.05, 4.69) is 4.90 Å². The maximum absolute atomic E-state index is 12.4. The number of unbranched alkanes of at least 4 members (excludes halogenated alkanes) is 6. The van der Waals surface area contributed by atoms with Crippen LogP contribution in [0.1, 0.15) is 107 Å². The molecule has 0 radical (unpaired) electrons. The molecule has 0 spiro atoms. The number of rotatable bonds is 13. The number of esters is 1. The number of carbonyl (C=O) groups is 2. The monoisotopic (exact) mass is 532 g/mol. The average molecular weight is 533 g/mol. The van der Waals surface area contributed by atoms with Crippen LogP contribution in [0.2, 0.25) is 0 Å². The lowest BCUT2D eigenvalue weighted by Crippen LogP contribution is -2.47. The summed E-state index contributed by atoms with van der Waals surface area (Å²) in [5.41, 5.74) is 0.969. The molecule has 1 aromatic rings. The Kier molecular flexibility index (Phi) is 11.1. The first-order chi connectivity index (χ1) is 18.1. The van der Waals surface area contributed by atoms with Crippen LogP contribution in [0.5, 0.6) is 11.5 Å². The molecule has 0 N–H and O–H groups in total. The summed E-state index contributed by atoms with van der Waals surface area (Å²) in [5.74, 6) is 0.898. The van der Waals surface area contributed by atoms with E-state index in [0.717, 1.165) is 57.3 Å². The number of amides is 1. The van der Waals surface area contributed by atoms with Crippen molar-refractivity contribution < 1.29 is 28.5 Å². The van der Waals surface area contributed by atoms with Gasteiger partial charge in [0.1, 0.15) is 28.8 Å². The molecule has 38 heavy (non-hydrogen) atoms. The molecule has 1 amide bonds. The van der Waals surface area contributed by atoms with Crippen molar-refractivity contribution in [2.75, 3.05) is 40.9 Å². The quantitative estimate of drug-likeness (QED) is 0.216. The Morgan fingerprint density at radius 1 is 1.00 bits per heavy atom. The molecule has 2 aliphatic rings. The van der Waals surface area contributed by atoms with Crippen molar-refractivity contribution in [3.05, 3.63) is 23.3 Å². The van der Waals surface area contributed by atoms with Gasteiger partial charge in [0.05, 0.1) is 14.2 Å². The molecule has 2 aliphatic heterocycles. The van der Waals surface area contributed by atoms with Crippen LogP contribution in [0.15, 0.2) is 12.1 Å². The number of cyclic esters (lactones) is 1. The molecule has 2 heterocycles. The summed E-state index contributed by atoms with van der Waals surface area (Å²) in [6, 6.07) is 3.90. The summed E-state index contributed by atoms with van der Waals surface area (Å²) >= 11 is 0. The van der Waals surface area contributed by atoms with Crippen molar-refractivity contribution in [2.45, 2.75) is 103 Å². The molecule has 1 fully saturated rings. The zero-order chi connectivity index (χ0) is 27.7. The van der Waals surface area contributed by atoms with Gasteiger partial charge in [-0.05, 0) is 65.5 Å². The Balaban J connectivity index is 1.24. The lowest BCUT2D eigenvalue weighted by Gasteiger charge is -2.37. The van der Waals surface area contributed by atoms with Crippen LogP contribution in [-0.2, 0) is 9.47 Å². The molecule has 0 aliphatic carbocycles. The van der Waals surface area contributed by atoms with Crippen LogP contribution >= 0.6 is 0 Å². The van der Waals surface area contributed by atoms with Gasteiger partial charge in [-0.1, -0.05) is 32.1 Å². The van der Waals surface area contributed by atoms with Gasteiger partial charge in [0.15, 0.2) is 0 Å². The molecule has 1 aromatic carbocycles. The van der Waals surface area contributed by atoms with E-state index in [4.69, 9.17) is 18.9 Å². The van der Waals surface area contributed by atoms with Gasteiger partial charge in [-0.15, -0.1) is 0 Å². The Hall–Kier alpha value is -2.48. The molecule has 214 valence electrons. The number of ether oxygens (including phenoxy) is 4. The molecule has 0 unspecified atom stereocenters. The summed E-state index contributed by atoms with van der Waals surface area (Å²) in [4.78, 5) is 29.0. The summed E-state index contributed by atoms with van der Waals surface area (Å²) < 4.78 is 21.9. The van der Waals surface area contributed by atoms with Crippen molar-refractivity contribution in [3.8, 4) is 11.5 Å². The number of methoxy groups -OCH3 is 2. The van der Waals surface area contributed by atoms with Gasteiger partial charge in [0, 0.05) is 37.8 Å². The normalized spacial score (nSPS) is 18.2. The minimum absolute atomic E-state index is 0.213. The number of nitrogens with zero attached hydrogens (tertiary/aromatic N) is 2. The van der Waals surface area contributed by atoms with Crippen molar-refractivity contribution >= 4 is 12.1 Å². The molecule has 0 saturated carbocycles. The first-order valence-electron chi connectivity index (χ1n) is 14.3. The fourth-order valence-corrected chi connectivity index (χ4v) is 5.39. The van der Waals surface area contributed by atoms with Crippen LogP contribution < -0.4 is 9.47 Å². The van der Waals surface area contributed by atoms with Crippen molar-refractivity contribution in [1.82, 2.24) is 9.80 Å². The molecular formula is C30H48N2O6.